The number of piperidine rings is 1. The highest BCUT2D eigenvalue weighted by atomic mass is 19.1. The Balaban J connectivity index is 1.84. The molecule has 0 saturated carbocycles. The van der Waals surface area contributed by atoms with Gasteiger partial charge in [-0.1, -0.05) is 26.0 Å². The third-order valence-corrected chi connectivity index (χ3v) is 4.43. The van der Waals surface area contributed by atoms with Gasteiger partial charge in [-0.2, -0.15) is 0 Å². The number of nitrogens with zero attached hydrogens (tertiary/aromatic N) is 1. The van der Waals surface area contributed by atoms with Gasteiger partial charge >= 0.3 is 0 Å². The quantitative estimate of drug-likeness (QED) is 0.844. The topological polar surface area (TPSA) is 52.6 Å². The second-order valence-corrected chi connectivity index (χ2v) is 6.76. The standard InChI is InChI=1S/C18H27FN2O2/c1-13(2)17(22)10-20-18(23)15-6-4-8-21(12-15)11-14-5-3-7-16(19)9-14/h3,5,7,9,13,15,17,22H,4,6,8,10-12H2,1-2H3,(H,20,23). The lowest BCUT2D eigenvalue weighted by molar-refractivity contribution is -0.127. The van der Waals surface area contributed by atoms with Crippen molar-refractivity contribution in [3.05, 3.63) is 35.6 Å². The van der Waals surface area contributed by atoms with Gasteiger partial charge in [-0.15, -0.1) is 0 Å². The van der Waals surface area contributed by atoms with Crippen molar-refractivity contribution in [1.29, 1.82) is 0 Å². The van der Waals surface area contributed by atoms with Gasteiger partial charge in [0.2, 0.25) is 5.91 Å². The molecule has 1 fully saturated rings. The van der Waals surface area contributed by atoms with E-state index < -0.39 is 6.10 Å². The van der Waals surface area contributed by atoms with Crippen LogP contribution < -0.4 is 5.32 Å². The lowest BCUT2D eigenvalue weighted by Gasteiger charge is -2.32. The largest absolute Gasteiger partial charge is 0.391 e. The molecule has 0 radical (unpaired) electrons. The minimum absolute atomic E-state index is 0.00800. The van der Waals surface area contributed by atoms with Crippen LogP contribution in [0.15, 0.2) is 24.3 Å². The fourth-order valence-electron chi connectivity index (χ4n) is 2.89. The van der Waals surface area contributed by atoms with E-state index in [-0.39, 0.29) is 23.6 Å². The molecule has 0 aliphatic carbocycles. The molecule has 2 N–H and O–H groups in total. The van der Waals surface area contributed by atoms with Crippen LogP contribution in [0.4, 0.5) is 4.39 Å². The average Bonchev–Trinajstić information content (AvgIpc) is 2.52. The van der Waals surface area contributed by atoms with Crippen LogP contribution in [0.1, 0.15) is 32.3 Å². The smallest absolute Gasteiger partial charge is 0.224 e. The molecule has 4 nitrogen and oxygen atoms in total. The summed E-state index contributed by atoms with van der Waals surface area (Å²) in [6, 6.07) is 6.61. The average molecular weight is 322 g/mol. The number of hydrogen-bond donors (Lipinski definition) is 2. The zero-order chi connectivity index (χ0) is 16.8. The number of rotatable bonds is 6. The monoisotopic (exact) mass is 322 g/mol. The van der Waals surface area contributed by atoms with Crippen LogP contribution in [-0.4, -0.2) is 41.7 Å². The lowest BCUT2D eigenvalue weighted by atomic mass is 9.96. The summed E-state index contributed by atoms with van der Waals surface area (Å²) in [5, 5.41) is 12.6. The predicted molar refractivity (Wildman–Crippen MR) is 88.3 cm³/mol. The Labute approximate surface area is 137 Å². The molecule has 2 rings (SSSR count). The first kappa shape index (κ1) is 17.9. The molecule has 1 aliphatic rings. The van der Waals surface area contributed by atoms with Crippen molar-refractivity contribution in [2.75, 3.05) is 19.6 Å². The predicted octanol–water partition coefficient (Wildman–Crippen LogP) is 2.17. The number of hydrogen-bond acceptors (Lipinski definition) is 3. The van der Waals surface area contributed by atoms with E-state index in [0.717, 1.165) is 24.9 Å². The van der Waals surface area contributed by atoms with E-state index in [9.17, 15) is 14.3 Å². The van der Waals surface area contributed by atoms with Crippen LogP contribution in [0, 0.1) is 17.7 Å². The van der Waals surface area contributed by atoms with Gasteiger partial charge in [-0.3, -0.25) is 9.69 Å². The molecule has 1 aliphatic heterocycles. The minimum atomic E-state index is -0.508. The second kappa shape index (κ2) is 8.41. The summed E-state index contributed by atoms with van der Waals surface area (Å²) in [7, 11) is 0. The van der Waals surface area contributed by atoms with Crippen LogP contribution in [-0.2, 0) is 11.3 Å². The highest BCUT2D eigenvalue weighted by Gasteiger charge is 2.26. The Bertz CT molecular complexity index is 521. The minimum Gasteiger partial charge on any atom is -0.391 e. The van der Waals surface area contributed by atoms with Gasteiger partial charge in [0.15, 0.2) is 0 Å². The number of amides is 1. The van der Waals surface area contributed by atoms with Crippen LogP contribution in [0.25, 0.3) is 0 Å². The summed E-state index contributed by atoms with van der Waals surface area (Å²) in [6.45, 7) is 6.43. The maximum atomic E-state index is 13.3. The summed E-state index contributed by atoms with van der Waals surface area (Å²) < 4.78 is 13.3. The SMILES string of the molecule is CC(C)C(O)CNC(=O)C1CCCN(Cc2cccc(F)c2)C1. The van der Waals surface area contributed by atoms with E-state index in [0.29, 0.717) is 19.6 Å². The summed E-state index contributed by atoms with van der Waals surface area (Å²) in [5.41, 5.74) is 0.932. The van der Waals surface area contributed by atoms with Gasteiger partial charge in [0.1, 0.15) is 5.82 Å². The number of aliphatic hydroxyl groups excluding tert-OH is 1. The molecule has 1 saturated heterocycles. The maximum absolute atomic E-state index is 13.3. The van der Waals surface area contributed by atoms with Crippen molar-refractivity contribution in [2.45, 2.75) is 39.3 Å². The number of carbonyl (C=O) groups is 1. The van der Waals surface area contributed by atoms with Gasteiger partial charge in [-0.05, 0) is 43.0 Å². The molecule has 1 aromatic carbocycles. The normalized spacial score (nSPS) is 20.5. The number of likely N-dealkylation sites (tertiary alicyclic amines) is 1. The molecule has 2 atom stereocenters. The first-order chi connectivity index (χ1) is 11.0. The third kappa shape index (κ3) is 5.59. The molecular weight excluding hydrogens is 295 g/mol. The van der Waals surface area contributed by atoms with Gasteiger partial charge in [-0.25, -0.2) is 4.39 Å². The lowest BCUT2D eigenvalue weighted by Crippen LogP contribution is -2.44. The zero-order valence-corrected chi connectivity index (χ0v) is 14.0. The number of aliphatic hydroxyl groups is 1. The summed E-state index contributed by atoms with van der Waals surface area (Å²) >= 11 is 0. The van der Waals surface area contributed by atoms with Crippen molar-refractivity contribution >= 4 is 5.91 Å². The number of benzene rings is 1. The van der Waals surface area contributed by atoms with E-state index in [4.69, 9.17) is 0 Å². The summed E-state index contributed by atoms with van der Waals surface area (Å²) in [5.74, 6) is -0.145. The Morgan fingerprint density at radius 2 is 2.26 bits per heavy atom. The molecule has 0 aromatic heterocycles. The fraction of sp³-hybridized carbons (Fsp3) is 0.611. The van der Waals surface area contributed by atoms with Crippen molar-refractivity contribution < 1.29 is 14.3 Å². The summed E-state index contributed by atoms with van der Waals surface area (Å²) in [6.07, 6.45) is 1.31. The van der Waals surface area contributed by atoms with Crippen LogP contribution in [0.2, 0.25) is 0 Å². The van der Waals surface area contributed by atoms with Crippen molar-refractivity contribution in [1.82, 2.24) is 10.2 Å². The third-order valence-electron chi connectivity index (χ3n) is 4.43. The number of carbonyl (C=O) groups excluding carboxylic acids is 1. The molecule has 128 valence electrons. The maximum Gasteiger partial charge on any atom is 0.224 e. The van der Waals surface area contributed by atoms with E-state index in [1.165, 1.54) is 6.07 Å². The molecule has 0 bridgehead atoms. The van der Waals surface area contributed by atoms with Crippen LogP contribution in [0.3, 0.4) is 0 Å². The highest BCUT2D eigenvalue weighted by molar-refractivity contribution is 5.79. The van der Waals surface area contributed by atoms with Crippen molar-refractivity contribution in [3.63, 3.8) is 0 Å². The first-order valence-electron chi connectivity index (χ1n) is 8.38. The Morgan fingerprint density at radius 3 is 2.96 bits per heavy atom. The van der Waals surface area contributed by atoms with E-state index in [1.54, 1.807) is 12.1 Å². The van der Waals surface area contributed by atoms with E-state index in [1.807, 2.05) is 19.9 Å². The highest BCUT2D eigenvalue weighted by Crippen LogP contribution is 2.19. The number of nitrogens with one attached hydrogen (secondary N) is 1. The summed E-state index contributed by atoms with van der Waals surface area (Å²) in [4.78, 5) is 14.5. The van der Waals surface area contributed by atoms with Crippen molar-refractivity contribution in [2.24, 2.45) is 11.8 Å². The van der Waals surface area contributed by atoms with Crippen LogP contribution >= 0.6 is 0 Å². The Morgan fingerprint density at radius 1 is 1.48 bits per heavy atom. The molecule has 1 heterocycles. The van der Waals surface area contributed by atoms with Gasteiger partial charge in [0.05, 0.1) is 12.0 Å². The Hall–Kier alpha value is -1.46. The number of halogens is 1. The van der Waals surface area contributed by atoms with Gasteiger partial charge < -0.3 is 10.4 Å². The van der Waals surface area contributed by atoms with E-state index in [2.05, 4.69) is 10.2 Å². The molecule has 0 spiro atoms. The molecular formula is C18H27FN2O2. The first-order valence-corrected chi connectivity index (χ1v) is 8.38. The van der Waals surface area contributed by atoms with Gasteiger partial charge in [0, 0.05) is 19.6 Å². The molecule has 23 heavy (non-hydrogen) atoms. The molecule has 1 aromatic rings. The Kier molecular flexibility index (Phi) is 6.54. The fourth-order valence-corrected chi connectivity index (χ4v) is 2.89. The second-order valence-electron chi connectivity index (χ2n) is 6.76. The molecule has 2 unspecified atom stereocenters. The molecule has 1 amide bonds. The zero-order valence-electron chi connectivity index (χ0n) is 14.0. The van der Waals surface area contributed by atoms with Gasteiger partial charge in [0.25, 0.3) is 0 Å². The molecule has 5 heteroatoms. The van der Waals surface area contributed by atoms with Crippen LogP contribution in [0.5, 0.6) is 0 Å². The van der Waals surface area contributed by atoms with E-state index >= 15 is 0 Å². The van der Waals surface area contributed by atoms with Crippen molar-refractivity contribution in [3.8, 4) is 0 Å².